The average molecular weight is 235 g/mol. The van der Waals surface area contributed by atoms with Crippen molar-refractivity contribution in [2.24, 2.45) is 0 Å². The zero-order valence-electron chi connectivity index (χ0n) is 9.08. The minimum atomic E-state index is -0.296. The molecule has 3 heteroatoms. The van der Waals surface area contributed by atoms with Crippen molar-refractivity contribution in [2.75, 3.05) is 0 Å². The topological polar surface area (TPSA) is 30.2 Å². The Kier molecular flexibility index (Phi) is 2.84. The highest BCUT2D eigenvalue weighted by molar-refractivity contribution is 6.30. The summed E-state index contributed by atoms with van der Waals surface area (Å²) in [5, 5.41) is 0.663. The molecule has 0 aliphatic rings. The van der Waals surface area contributed by atoms with Crippen molar-refractivity contribution in [3.63, 3.8) is 0 Å². The van der Waals surface area contributed by atoms with Crippen LogP contribution in [0, 0.1) is 13.8 Å². The van der Waals surface area contributed by atoms with Gasteiger partial charge in [0.05, 0.1) is 0 Å². The normalized spacial score (nSPS) is 10.4. The molecular formula is C13H11ClO2. The third-order valence-electron chi connectivity index (χ3n) is 2.41. The molecule has 1 heterocycles. The van der Waals surface area contributed by atoms with Gasteiger partial charge in [-0.2, -0.15) is 0 Å². The van der Waals surface area contributed by atoms with E-state index in [0.717, 1.165) is 11.1 Å². The van der Waals surface area contributed by atoms with Crippen LogP contribution in [-0.2, 0) is 0 Å². The average Bonchev–Trinajstić information content (AvgIpc) is 2.25. The quantitative estimate of drug-likeness (QED) is 0.755. The van der Waals surface area contributed by atoms with E-state index in [4.69, 9.17) is 16.0 Å². The SMILES string of the molecule is Cc1cc(C)c(=O)oc1-c1ccc(Cl)cc1. The van der Waals surface area contributed by atoms with Gasteiger partial charge in [0.15, 0.2) is 0 Å². The lowest BCUT2D eigenvalue weighted by Crippen LogP contribution is -2.04. The predicted molar refractivity (Wildman–Crippen MR) is 64.9 cm³/mol. The predicted octanol–water partition coefficient (Wildman–Crippen LogP) is 3.58. The second-order valence-electron chi connectivity index (χ2n) is 3.74. The Morgan fingerprint density at radius 3 is 2.31 bits per heavy atom. The molecule has 0 amide bonds. The first-order valence-electron chi connectivity index (χ1n) is 4.95. The lowest BCUT2D eigenvalue weighted by atomic mass is 10.1. The molecule has 0 N–H and O–H groups in total. The first kappa shape index (κ1) is 11.0. The van der Waals surface area contributed by atoms with E-state index in [-0.39, 0.29) is 5.63 Å². The van der Waals surface area contributed by atoms with Gasteiger partial charge >= 0.3 is 5.63 Å². The Bertz CT molecular complexity index is 567. The molecule has 1 aromatic heterocycles. The maximum absolute atomic E-state index is 11.4. The smallest absolute Gasteiger partial charge is 0.339 e. The van der Waals surface area contributed by atoms with Crippen molar-refractivity contribution in [1.82, 2.24) is 0 Å². The van der Waals surface area contributed by atoms with Gasteiger partial charge in [-0.15, -0.1) is 0 Å². The third-order valence-corrected chi connectivity index (χ3v) is 2.67. The molecule has 0 bridgehead atoms. The molecule has 0 aliphatic carbocycles. The molecule has 16 heavy (non-hydrogen) atoms. The largest absolute Gasteiger partial charge is 0.422 e. The van der Waals surface area contributed by atoms with Crippen molar-refractivity contribution in [3.8, 4) is 11.3 Å². The van der Waals surface area contributed by atoms with Crippen LogP contribution in [-0.4, -0.2) is 0 Å². The van der Waals surface area contributed by atoms with E-state index in [1.807, 2.05) is 25.1 Å². The second kappa shape index (κ2) is 4.14. The van der Waals surface area contributed by atoms with E-state index >= 15 is 0 Å². The third kappa shape index (κ3) is 2.02. The molecule has 2 nitrogen and oxygen atoms in total. The molecule has 0 unspecified atom stereocenters. The van der Waals surface area contributed by atoms with Crippen LogP contribution >= 0.6 is 11.6 Å². The van der Waals surface area contributed by atoms with Crippen LogP contribution in [0.4, 0.5) is 0 Å². The summed E-state index contributed by atoms with van der Waals surface area (Å²) in [6.07, 6.45) is 0. The lowest BCUT2D eigenvalue weighted by Gasteiger charge is -2.04. The zero-order valence-corrected chi connectivity index (χ0v) is 9.84. The van der Waals surface area contributed by atoms with Crippen molar-refractivity contribution in [1.29, 1.82) is 0 Å². The number of rotatable bonds is 1. The summed E-state index contributed by atoms with van der Waals surface area (Å²) in [5.41, 5.74) is 2.13. The van der Waals surface area contributed by atoms with Gasteiger partial charge in [0.1, 0.15) is 5.76 Å². The molecule has 0 atom stereocenters. The Hall–Kier alpha value is -1.54. The number of hydrogen-bond donors (Lipinski definition) is 0. The monoisotopic (exact) mass is 234 g/mol. The Morgan fingerprint density at radius 1 is 1.06 bits per heavy atom. The minimum absolute atomic E-state index is 0.296. The molecule has 0 aliphatic heterocycles. The molecular weight excluding hydrogens is 224 g/mol. The number of benzene rings is 1. The van der Waals surface area contributed by atoms with Crippen LogP contribution in [0.3, 0.4) is 0 Å². The van der Waals surface area contributed by atoms with Crippen LogP contribution in [0.1, 0.15) is 11.1 Å². The summed E-state index contributed by atoms with van der Waals surface area (Å²) in [6, 6.07) is 9.05. The van der Waals surface area contributed by atoms with Gasteiger partial charge in [0, 0.05) is 16.1 Å². The maximum atomic E-state index is 11.4. The van der Waals surface area contributed by atoms with Crippen molar-refractivity contribution < 1.29 is 4.42 Å². The number of halogens is 1. The number of hydrogen-bond acceptors (Lipinski definition) is 2. The fourth-order valence-electron chi connectivity index (χ4n) is 1.59. The molecule has 0 fully saturated rings. The van der Waals surface area contributed by atoms with Crippen LogP contribution in [0.25, 0.3) is 11.3 Å². The summed E-state index contributed by atoms with van der Waals surface area (Å²) in [5.74, 6) is 0.604. The van der Waals surface area contributed by atoms with Gasteiger partial charge in [-0.25, -0.2) is 4.79 Å². The van der Waals surface area contributed by atoms with E-state index in [1.165, 1.54) is 0 Å². The maximum Gasteiger partial charge on any atom is 0.339 e. The van der Waals surface area contributed by atoms with Crippen LogP contribution in [0.15, 0.2) is 39.5 Å². The van der Waals surface area contributed by atoms with Crippen molar-refractivity contribution in [2.45, 2.75) is 13.8 Å². The summed E-state index contributed by atoms with van der Waals surface area (Å²) < 4.78 is 5.27. The van der Waals surface area contributed by atoms with Gasteiger partial charge in [-0.3, -0.25) is 0 Å². The second-order valence-corrected chi connectivity index (χ2v) is 4.17. The van der Waals surface area contributed by atoms with E-state index in [1.54, 1.807) is 19.1 Å². The van der Waals surface area contributed by atoms with E-state index < -0.39 is 0 Å². The molecule has 0 saturated heterocycles. The van der Waals surface area contributed by atoms with Gasteiger partial charge in [-0.1, -0.05) is 11.6 Å². The van der Waals surface area contributed by atoms with E-state index in [9.17, 15) is 4.79 Å². The van der Waals surface area contributed by atoms with Crippen LogP contribution < -0.4 is 5.63 Å². The molecule has 0 spiro atoms. The highest BCUT2D eigenvalue weighted by Gasteiger charge is 2.07. The molecule has 0 saturated carbocycles. The standard InChI is InChI=1S/C13H11ClO2/c1-8-7-9(2)13(15)16-12(8)10-3-5-11(14)6-4-10/h3-7H,1-2H3. The fraction of sp³-hybridized carbons (Fsp3) is 0.154. The lowest BCUT2D eigenvalue weighted by molar-refractivity contribution is 0.517. The van der Waals surface area contributed by atoms with Crippen LogP contribution in [0.5, 0.6) is 0 Å². The zero-order chi connectivity index (χ0) is 11.7. The first-order chi connectivity index (χ1) is 7.58. The van der Waals surface area contributed by atoms with Gasteiger partial charge in [-0.05, 0) is 49.7 Å². The molecule has 2 rings (SSSR count). The fourth-order valence-corrected chi connectivity index (χ4v) is 1.72. The highest BCUT2D eigenvalue weighted by atomic mass is 35.5. The molecule has 1 aromatic carbocycles. The number of aryl methyl sites for hydroxylation is 2. The van der Waals surface area contributed by atoms with E-state index in [0.29, 0.717) is 16.3 Å². The Balaban J connectivity index is 2.60. The van der Waals surface area contributed by atoms with Crippen molar-refractivity contribution in [3.05, 3.63) is 56.9 Å². The Morgan fingerprint density at radius 2 is 1.69 bits per heavy atom. The summed E-state index contributed by atoms with van der Waals surface area (Å²) in [4.78, 5) is 11.4. The molecule has 2 aromatic rings. The van der Waals surface area contributed by atoms with Gasteiger partial charge in [0.25, 0.3) is 0 Å². The van der Waals surface area contributed by atoms with Crippen LogP contribution in [0.2, 0.25) is 5.02 Å². The summed E-state index contributed by atoms with van der Waals surface area (Å²) >= 11 is 5.80. The van der Waals surface area contributed by atoms with Gasteiger partial charge in [0.2, 0.25) is 0 Å². The summed E-state index contributed by atoms with van der Waals surface area (Å²) in [7, 11) is 0. The first-order valence-corrected chi connectivity index (χ1v) is 5.33. The van der Waals surface area contributed by atoms with Crippen molar-refractivity contribution >= 4 is 11.6 Å². The van der Waals surface area contributed by atoms with Gasteiger partial charge < -0.3 is 4.42 Å². The minimum Gasteiger partial charge on any atom is -0.422 e. The Labute approximate surface area is 98.5 Å². The highest BCUT2D eigenvalue weighted by Crippen LogP contribution is 2.23. The van der Waals surface area contributed by atoms with E-state index in [2.05, 4.69) is 0 Å². The summed E-state index contributed by atoms with van der Waals surface area (Å²) in [6.45, 7) is 3.66. The molecule has 0 radical (unpaired) electrons. The molecule has 82 valence electrons.